The average Bonchev–Trinajstić information content (AvgIpc) is 3.08. The van der Waals surface area contributed by atoms with E-state index in [4.69, 9.17) is 30.0 Å². The number of aliphatic carboxylic acids is 2. The first kappa shape index (κ1) is 24.1. The first-order valence-electron chi connectivity index (χ1n) is 8.59. The van der Waals surface area contributed by atoms with Crippen molar-refractivity contribution >= 4 is 35.3 Å². The van der Waals surface area contributed by atoms with E-state index < -0.39 is 11.9 Å². The first-order valence-corrected chi connectivity index (χ1v) is 9.74. The molecule has 0 fully saturated rings. The third-order valence-corrected chi connectivity index (χ3v) is 4.28. The molecule has 9 nitrogen and oxygen atoms in total. The van der Waals surface area contributed by atoms with Gasteiger partial charge in [0.2, 0.25) is 0 Å². The molecule has 0 radical (unpaired) electrons. The normalized spacial score (nSPS) is 10.2. The Labute approximate surface area is 172 Å². The van der Waals surface area contributed by atoms with E-state index in [1.807, 2.05) is 26.2 Å². The number of anilines is 1. The van der Waals surface area contributed by atoms with Gasteiger partial charge in [-0.2, -0.15) is 11.8 Å². The Morgan fingerprint density at radius 1 is 1.10 bits per heavy atom. The lowest BCUT2D eigenvalue weighted by Gasteiger charge is -2.06. The van der Waals surface area contributed by atoms with Crippen molar-refractivity contribution < 1.29 is 29.0 Å². The molecule has 1 aromatic heterocycles. The Bertz CT molecular complexity index is 810. The summed E-state index contributed by atoms with van der Waals surface area (Å²) in [5.41, 5.74) is 6.86. The summed E-state index contributed by atoms with van der Waals surface area (Å²) in [6.45, 7) is 1.42. The molecule has 0 spiro atoms. The van der Waals surface area contributed by atoms with E-state index in [1.165, 1.54) is 0 Å². The van der Waals surface area contributed by atoms with Gasteiger partial charge < -0.3 is 30.6 Å². The molecule has 2 aromatic rings. The van der Waals surface area contributed by atoms with Crippen molar-refractivity contribution in [2.45, 2.75) is 12.3 Å². The molecule has 1 amide bonds. The predicted octanol–water partition coefficient (Wildman–Crippen LogP) is 1.74. The molecule has 0 saturated heterocycles. The Morgan fingerprint density at radius 3 is 2.34 bits per heavy atom. The molecule has 1 heterocycles. The number of rotatable bonds is 8. The Morgan fingerprint density at radius 2 is 1.76 bits per heavy atom. The Kier molecular flexibility index (Phi) is 10.3. The number of amides is 1. The monoisotopic (exact) mass is 423 g/mol. The minimum absolute atomic E-state index is 0.0934. The number of nitrogens with one attached hydrogen (secondary N) is 1. The summed E-state index contributed by atoms with van der Waals surface area (Å²) in [5.74, 6) is -0.164. The van der Waals surface area contributed by atoms with Crippen molar-refractivity contribution in [1.29, 1.82) is 0 Å². The maximum atomic E-state index is 11.9. The standard InChI is InChI=1S/C17H23N3O2S.C2H2O4/c1-20(2)11-15-6-7-16(22-15)12-23-9-8-19-17(21)13-4-3-5-14(18)10-13;3-1(4)2(5)6/h3-7,10H,8-9,11-12,18H2,1-2H3,(H,19,21);(H,3,4)(H,5,6). The second-order valence-electron chi connectivity index (χ2n) is 6.15. The van der Waals surface area contributed by atoms with Crippen molar-refractivity contribution in [1.82, 2.24) is 10.2 Å². The minimum atomic E-state index is -1.82. The van der Waals surface area contributed by atoms with Crippen LogP contribution in [0.3, 0.4) is 0 Å². The SMILES string of the molecule is CN(C)Cc1ccc(CSCCNC(=O)c2cccc(N)c2)o1.O=C(O)C(=O)O. The van der Waals surface area contributed by atoms with Crippen LogP contribution in [0.25, 0.3) is 0 Å². The number of carbonyl (C=O) groups excluding carboxylic acids is 1. The van der Waals surface area contributed by atoms with Crippen molar-refractivity contribution in [3.63, 3.8) is 0 Å². The van der Waals surface area contributed by atoms with Crippen molar-refractivity contribution in [3.8, 4) is 0 Å². The number of hydrogen-bond donors (Lipinski definition) is 4. The van der Waals surface area contributed by atoms with Gasteiger partial charge in [0.15, 0.2) is 0 Å². The van der Waals surface area contributed by atoms with Gasteiger partial charge in [-0.15, -0.1) is 0 Å². The van der Waals surface area contributed by atoms with Crippen LogP contribution in [0.1, 0.15) is 21.9 Å². The van der Waals surface area contributed by atoms with Crippen molar-refractivity contribution in [2.75, 3.05) is 32.1 Å². The summed E-state index contributed by atoms with van der Waals surface area (Å²) in [6.07, 6.45) is 0. The van der Waals surface area contributed by atoms with Gasteiger partial charge in [0, 0.05) is 23.5 Å². The quantitative estimate of drug-likeness (QED) is 0.283. The molecule has 0 saturated carbocycles. The number of carboxylic acid groups (broad SMARTS) is 2. The van der Waals surface area contributed by atoms with Gasteiger partial charge in [0.1, 0.15) is 11.5 Å². The van der Waals surface area contributed by atoms with Crippen LogP contribution in [0.4, 0.5) is 5.69 Å². The number of nitrogens with zero attached hydrogens (tertiary/aromatic N) is 1. The van der Waals surface area contributed by atoms with Gasteiger partial charge in [-0.05, 0) is 44.4 Å². The maximum Gasteiger partial charge on any atom is 0.414 e. The number of furan rings is 1. The summed E-state index contributed by atoms with van der Waals surface area (Å²) in [5, 5.41) is 17.7. The summed E-state index contributed by atoms with van der Waals surface area (Å²) < 4.78 is 5.74. The van der Waals surface area contributed by atoms with Crippen LogP contribution in [-0.4, -0.2) is 59.4 Å². The third-order valence-electron chi connectivity index (χ3n) is 3.30. The molecule has 0 bridgehead atoms. The number of nitrogens with two attached hydrogens (primary N) is 1. The summed E-state index contributed by atoms with van der Waals surface area (Å²) in [4.78, 5) is 32.2. The van der Waals surface area contributed by atoms with Crippen LogP contribution >= 0.6 is 11.8 Å². The molecular formula is C19H25N3O6S. The zero-order valence-electron chi connectivity index (χ0n) is 16.3. The number of carboxylic acids is 2. The molecule has 0 atom stereocenters. The molecule has 0 aliphatic carbocycles. The van der Waals surface area contributed by atoms with Gasteiger partial charge in [0.25, 0.3) is 5.91 Å². The van der Waals surface area contributed by atoms with Gasteiger partial charge in [-0.25, -0.2) is 9.59 Å². The van der Waals surface area contributed by atoms with Crippen LogP contribution < -0.4 is 11.1 Å². The van der Waals surface area contributed by atoms with Gasteiger partial charge >= 0.3 is 11.9 Å². The fourth-order valence-corrected chi connectivity index (χ4v) is 2.84. The second-order valence-corrected chi connectivity index (χ2v) is 7.26. The molecule has 158 valence electrons. The summed E-state index contributed by atoms with van der Waals surface area (Å²) >= 11 is 1.73. The zero-order chi connectivity index (χ0) is 21.8. The molecule has 5 N–H and O–H groups in total. The lowest BCUT2D eigenvalue weighted by molar-refractivity contribution is -0.159. The fraction of sp³-hybridized carbons (Fsp3) is 0.316. The molecule has 0 unspecified atom stereocenters. The predicted molar refractivity (Wildman–Crippen MR) is 111 cm³/mol. The van der Waals surface area contributed by atoms with E-state index in [0.717, 1.165) is 29.6 Å². The van der Waals surface area contributed by atoms with Crippen LogP contribution in [0, 0.1) is 0 Å². The largest absolute Gasteiger partial charge is 0.473 e. The molecule has 10 heteroatoms. The van der Waals surface area contributed by atoms with Gasteiger partial charge in [-0.3, -0.25) is 4.79 Å². The smallest absolute Gasteiger partial charge is 0.414 e. The van der Waals surface area contributed by atoms with Crippen LogP contribution in [0.5, 0.6) is 0 Å². The first-order chi connectivity index (χ1) is 13.7. The van der Waals surface area contributed by atoms with E-state index in [0.29, 0.717) is 17.8 Å². The molecule has 29 heavy (non-hydrogen) atoms. The summed E-state index contributed by atoms with van der Waals surface area (Å²) in [7, 11) is 4.03. The highest BCUT2D eigenvalue weighted by Crippen LogP contribution is 2.16. The highest BCUT2D eigenvalue weighted by molar-refractivity contribution is 7.98. The average molecular weight is 423 g/mol. The van der Waals surface area contributed by atoms with Gasteiger partial charge in [0.05, 0.1) is 12.3 Å². The van der Waals surface area contributed by atoms with Crippen molar-refractivity contribution in [2.24, 2.45) is 0 Å². The molecule has 2 rings (SSSR count). The Hall–Kier alpha value is -2.98. The van der Waals surface area contributed by atoms with Crippen LogP contribution in [0.15, 0.2) is 40.8 Å². The van der Waals surface area contributed by atoms with Crippen LogP contribution in [0.2, 0.25) is 0 Å². The molecule has 1 aromatic carbocycles. The second kappa shape index (κ2) is 12.5. The highest BCUT2D eigenvalue weighted by atomic mass is 32.2. The number of hydrogen-bond acceptors (Lipinski definition) is 7. The number of benzene rings is 1. The number of thioether (sulfide) groups is 1. The minimum Gasteiger partial charge on any atom is -0.473 e. The van der Waals surface area contributed by atoms with E-state index in [9.17, 15) is 4.79 Å². The van der Waals surface area contributed by atoms with E-state index >= 15 is 0 Å². The Balaban J connectivity index is 0.000000612. The van der Waals surface area contributed by atoms with Crippen LogP contribution in [-0.2, 0) is 21.9 Å². The molecule has 0 aliphatic rings. The van der Waals surface area contributed by atoms with E-state index in [2.05, 4.69) is 10.2 Å². The van der Waals surface area contributed by atoms with Gasteiger partial charge in [-0.1, -0.05) is 6.07 Å². The van der Waals surface area contributed by atoms with E-state index in [1.54, 1.807) is 36.0 Å². The zero-order valence-corrected chi connectivity index (χ0v) is 17.1. The number of carbonyl (C=O) groups is 3. The highest BCUT2D eigenvalue weighted by Gasteiger charge is 2.06. The lowest BCUT2D eigenvalue weighted by Crippen LogP contribution is -2.25. The van der Waals surface area contributed by atoms with E-state index in [-0.39, 0.29) is 5.91 Å². The molecular weight excluding hydrogens is 398 g/mol. The maximum absolute atomic E-state index is 11.9. The lowest BCUT2D eigenvalue weighted by atomic mass is 10.2. The summed E-state index contributed by atoms with van der Waals surface area (Å²) in [6, 6.07) is 11.0. The fourth-order valence-electron chi connectivity index (χ4n) is 2.09. The van der Waals surface area contributed by atoms with Crippen molar-refractivity contribution in [3.05, 3.63) is 53.5 Å². The topological polar surface area (TPSA) is 146 Å². The number of nitrogen functional groups attached to an aromatic ring is 1. The third kappa shape index (κ3) is 10.2. The molecule has 0 aliphatic heterocycles.